The molecule has 8 heteroatoms. The topological polar surface area (TPSA) is 107 Å². The summed E-state index contributed by atoms with van der Waals surface area (Å²) in [7, 11) is 0. The minimum atomic E-state index is -1.02. The first-order chi connectivity index (χ1) is 19.3. The molecule has 0 bridgehead atoms. The van der Waals surface area contributed by atoms with Crippen LogP contribution >= 0.6 is 0 Å². The SMILES string of the molecule is Cc1ccc([N+](=O)[O-])cc1N1C(=O)[C@@H]2[C@@H]3C(=O)Oc4c(ccc5ccccc45)C3=C[C@@H](c3ccccc3)[C@H]2C1=O. The Morgan fingerprint density at radius 1 is 0.850 bits per heavy atom. The molecule has 4 aromatic rings. The fraction of sp³-hybridized carbons (Fsp3) is 0.156. The number of nitro benzene ring substituents is 1. The molecule has 2 aliphatic heterocycles. The Balaban J connectivity index is 1.44. The predicted octanol–water partition coefficient (Wildman–Crippen LogP) is 5.58. The minimum absolute atomic E-state index is 0.155. The van der Waals surface area contributed by atoms with Gasteiger partial charge in [-0.25, -0.2) is 4.90 Å². The van der Waals surface area contributed by atoms with Crippen molar-refractivity contribution in [2.75, 3.05) is 4.90 Å². The smallest absolute Gasteiger partial charge is 0.319 e. The first-order valence-electron chi connectivity index (χ1n) is 13.0. The first kappa shape index (κ1) is 24.0. The fourth-order valence-corrected chi connectivity index (χ4v) is 6.48. The zero-order valence-electron chi connectivity index (χ0n) is 21.3. The van der Waals surface area contributed by atoms with Crippen molar-refractivity contribution in [3.8, 4) is 5.75 Å². The largest absolute Gasteiger partial charge is 0.425 e. The van der Waals surface area contributed by atoms with Gasteiger partial charge in [0.1, 0.15) is 5.75 Å². The number of amides is 2. The highest BCUT2D eigenvalue weighted by atomic mass is 16.6. The van der Waals surface area contributed by atoms with Gasteiger partial charge in [-0.3, -0.25) is 24.5 Å². The quantitative estimate of drug-likeness (QED) is 0.113. The van der Waals surface area contributed by atoms with Crippen LogP contribution in [0.2, 0.25) is 0 Å². The average Bonchev–Trinajstić information content (AvgIpc) is 3.22. The highest BCUT2D eigenvalue weighted by Gasteiger charge is 2.60. The normalized spacial score (nSPS) is 23.3. The van der Waals surface area contributed by atoms with Gasteiger partial charge in [0.2, 0.25) is 11.8 Å². The van der Waals surface area contributed by atoms with E-state index in [1.54, 1.807) is 6.92 Å². The molecule has 2 heterocycles. The molecule has 1 fully saturated rings. The zero-order valence-corrected chi connectivity index (χ0v) is 21.3. The van der Waals surface area contributed by atoms with Gasteiger partial charge in [0.15, 0.2) is 0 Å². The number of nitro groups is 1. The van der Waals surface area contributed by atoms with E-state index in [0.717, 1.165) is 21.2 Å². The summed E-state index contributed by atoms with van der Waals surface area (Å²) in [6.07, 6.45) is 1.93. The van der Waals surface area contributed by atoms with Crippen molar-refractivity contribution < 1.29 is 24.0 Å². The van der Waals surface area contributed by atoms with Gasteiger partial charge in [0, 0.05) is 29.0 Å². The standard InChI is InChI=1S/C32H22N2O6/c1-17-11-13-20(34(38)39)15-25(17)33-30(35)26-23(18-7-3-2-4-8-18)16-24-22-14-12-19-9-5-6-10-21(19)29(22)40-32(37)27(24)28(26)31(33)36/h2-16,23,26-28H,1H3/t23-,26+,27+,28-/m0/s1. The van der Waals surface area contributed by atoms with Crippen molar-refractivity contribution in [2.45, 2.75) is 12.8 Å². The lowest BCUT2D eigenvalue weighted by molar-refractivity contribution is -0.384. The predicted molar refractivity (Wildman–Crippen MR) is 148 cm³/mol. The monoisotopic (exact) mass is 530 g/mol. The zero-order chi connectivity index (χ0) is 27.7. The maximum Gasteiger partial charge on any atom is 0.319 e. The summed E-state index contributed by atoms with van der Waals surface area (Å²) in [5.74, 6) is -4.58. The maximum atomic E-state index is 14.2. The van der Waals surface area contributed by atoms with Crippen LogP contribution in [0.4, 0.5) is 11.4 Å². The van der Waals surface area contributed by atoms with E-state index < -0.39 is 46.4 Å². The molecular weight excluding hydrogens is 508 g/mol. The molecule has 2 amide bonds. The van der Waals surface area contributed by atoms with E-state index in [-0.39, 0.29) is 11.4 Å². The molecule has 0 N–H and O–H groups in total. The third-order valence-corrected chi connectivity index (χ3v) is 8.31. The Kier molecular flexibility index (Phi) is 5.22. The Bertz CT molecular complexity index is 1810. The van der Waals surface area contributed by atoms with Gasteiger partial charge in [-0.1, -0.05) is 78.9 Å². The molecular formula is C32H22N2O6. The van der Waals surface area contributed by atoms with Crippen LogP contribution in [0, 0.1) is 34.8 Å². The second kappa shape index (κ2) is 8.71. The molecule has 196 valence electrons. The third-order valence-electron chi connectivity index (χ3n) is 8.31. The molecule has 0 radical (unpaired) electrons. The van der Waals surface area contributed by atoms with E-state index in [2.05, 4.69) is 0 Å². The number of fused-ring (bicyclic) bond motifs is 7. The number of anilines is 1. The lowest BCUT2D eigenvalue weighted by Gasteiger charge is -2.38. The molecule has 0 unspecified atom stereocenters. The highest BCUT2D eigenvalue weighted by molar-refractivity contribution is 6.25. The van der Waals surface area contributed by atoms with Crippen molar-refractivity contribution in [3.05, 3.63) is 118 Å². The third kappa shape index (κ3) is 3.35. The number of benzene rings is 4. The van der Waals surface area contributed by atoms with Crippen LogP contribution in [-0.4, -0.2) is 22.7 Å². The number of ether oxygens (including phenoxy) is 1. The van der Waals surface area contributed by atoms with E-state index in [0.29, 0.717) is 22.4 Å². The number of esters is 1. The molecule has 8 nitrogen and oxygen atoms in total. The number of carbonyl (C=O) groups is 3. The number of aryl methyl sites for hydroxylation is 1. The number of hydrogen-bond acceptors (Lipinski definition) is 6. The number of rotatable bonds is 3. The summed E-state index contributed by atoms with van der Waals surface area (Å²) < 4.78 is 5.91. The molecule has 4 atom stereocenters. The van der Waals surface area contributed by atoms with E-state index in [1.165, 1.54) is 18.2 Å². The second-order valence-corrected chi connectivity index (χ2v) is 10.4. The van der Waals surface area contributed by atoms with Gasteiger partial charge < -0.3 is 4.74 Å². The van der Waals surface area contributed by atoms with E-state index in [1.807, 2.05) is 72.8 Å². The first-order valence-corrected chi connectivity index (χ1v) is 13.0. The van der Waals surface area contributed by atoms with Crippen LogP contribution in [0.3, 0.4) is 0 Å². The van der Waals surface area contributed by atoms with Crippen molar-refractivity contribution in [1.29, 1.82) is 0 Å². The molecule has 3 aliphatic rings. The molecule has 40 heavy (non-hydrogen) atoms. The Morgan fingerprint density at radius 3 is 2.35 bits per heavy atom. The molecule has 4 aromatic carbocycles. The summed E-state index contributed by atoms with van der Waals surface area (Å²) >= 11 is 0. The molecule has 0 aromatic heterocycles. The summed E-state index contributed by atoms with van der Waals surface area (Å²) in [5, 5.41) is 13.2. The minimum Gasteiger partial charge on any atom is -0.425 e. The van der Waals surface area contributed by atoms with Crippen molar-refractivity contribution in [3.63, 3.8) is 0 Å². The fourth-order valence-electron chi connectivity index (χ4n) is 6.48. The van der Waals surface area contributed by atoms with Crippen molar-refractivity contribution in [1.82, 2.24) is 0 Å². The summed E-state index contributed by atoms with van der Waals surface area (Å²) in [6.45, 7) is 1.69. The molecule has 0 saturated carbocycles. The van der Waals surface area contributed by atoms with Crippen LogP contribution in [0.5, 0.6) is 5.75 Å². The number of imide groups is 1. The number of allylic oxidation sites excluding steroid dienone is 1. The number of hydrogen-bond donors (Lipinski definition) is 0. The van der Waals surface area contributed by atoms with Crippen LogP contribution in [0.15, 0.2) is 91.0 Å². The van der Waals surface area contributed by atoms with Crippen LogP contribution in [-0.2, 0) is 14.4 Å². The van der Waals surface area contributed by atoms with Gasteiger partial charge in [-0.2, -0.15) is 0 Å². The average molecular weight is 531 g/mol. The molecule has 1 aliphatic carbocycles. The summed E-state index contributed by atoms with van der Waals surface area (Å²) in [4.78, 5) is 54.0. The number of non-ortho nitro benzene ring substituents is 1. The van der Waals surface area contributed by atoms with Gasteiger partial charge in [0.05, 0.1) is 28.4 Å². The number of nitrogens with zero attached hydrogens (tertiary/aromatic N) is 2. The van der Waals surface area contributed by atoms with Gasteiger partial charge >= 0.3 is 5.97 Å². The van der Waals surface area contributed by atoms with E-state index in [9.17, 15) is 24.5 Å². The van der Waals surface area contributed by atoms with Crippen LogP contribution < -0.4 is 9.64 Å². The van der Waals surface area contributed by atoms with E-state index in [4.69, 9.17) is 4.74 Å². The molecule has 0 spiro atoms. The Morgan fingerprint density at radius 2 is 1.57 bits per heavy atom. The van der Waals surface area contributed by atoms with Crippen molar-refractivity contribution in [2.24, 2.45) is 17.8 Å². The molecule has 7 rings (SSSR count). The van der Waals surface area contributed by atoms with Gasteiger partial charge in [-0.05, 0) is 29.0 Å². The van der Waals surface area contributed by atoms with Crippen LogP contribution in [0.1, 0.15) is 22.6 Å². The lowest BCUT2D eigenvalue weighted by Crippen LogP contribution is -2.42. The molecule has 1 saturated heterocycles. The Labute approximate surface area is 228 Å². The number of carbonyl (C=O) groups excluding carboxylic acids is 3. The van der Waals surface area contributed by atoms with Crippen LogP contribution in [0.25, 0.3) is 16.3 Å². The summed E-state index contributed by atoms with van der Waals surface area (Å²) in [6, 6.07) is 25.0. The second-order valence-electron chi connectivity index (χ2n) is 10.4. The van der Waals surface area contributed by atoms with Crippen molar-refractivity contribution >= 4 is 45.5 Å². The Hall–Kier alpha value is -5.11. The van der Waals surface area contributed by atoms with Gasteiger partial charge in [0.25, 0.3) is 5.69 Å². The maximum absolute atomic E-state index is 14.2. The lowest BCUT2D eigenvalue weighted by atomic mass is 9.64. The summed E-state index contributed by atoms with van der Waals surface area (Å²) in [5.41, 5.74) is 2.68. The van der Waals surface area contributed by atoms with E-state index >= 15 is 0 Å². The highest BCUT2D eigenvalue weighted by Crippen LogP contribution is 2.55. The van der Waals surface area contributed by atoms with Gasteiger partial charge in [-0.15, -0.1) is 0 Å².